The van der Waals surface area contributed by atoms with Crippen LogP contribution < -0.4 is 10.2 Å². The molecule has 0 fully saturated rings. The lowest BCUT2D eigenvalue weighted by Gasteiger charge is -2.00. The molecular formula is C18H15BrN4O2. The van der Waals surface area contributed by atoms with Gasteiger partial charge >= 0.3 is 0 Å². The number of amides is 1. The zero-order valence-electron chi connectivity index (χ0n) is 13.4. The number of hydrogen-bond donors (Lipinski definition) is 2. The monoisotopic (exact) mass is 398 g/mol. The molecule has 0 aliphatic rings. The highest BCUT2D eigenvalue weighted by molar-refractivity contribution is 9.10. The van der Waals surface area contributed by atoms with E-state index in [0.29, 0.717) is 11.4 Å². The van der Waals surface area contributed by atoms with Crippen molar-refractivity contribution in [2.24, 2.45) is 5.10 Å². The van der Waals surface area contributed by atoms with E-state index in [1.165, 1.54) is 0 Å². The molecule has 1 amide bonds. The largest absolute Gasteiger partial charge is 0.497 e. The summed E-state index contributed by atoms with van der Waals surface area (Å²) in [6, 6.07) is 16.7. The molecule has 0 aliphatic heterocycles. The highest BCUT2D eigenvalue weighted by Crippen LogP contribution is 2.21. The van der Waals surface area contributed by atoms with Crippen LogP contribution >= 0.6 is 15.9 Å². The molecule has 0 radical (unpaired) electrons. The van der Waals surface area contributed by atoms with Gasteiger partial charge in [0.15, 0.2) is 0 Å². The standard InChI is InChI=1S/C18H15BrN4O2/c1-25-15-8-4-13(5-9-15)16-10-17(22-21-16)18(24)23-20-11-12-2-6-14(19)7-3-12/h2-11H,1H3,(H,21,22)(H,23,24). The number of nitrogens with one attached hydrogen (secondary N) is 2. The summed E-state index contributed by atoms with van der Waals surface area (Å²) in [5, 5.41) is 10.8. The molecule has 1 heterocycles. The Morgan fingerprint density at radius 2 is 1.92 bits per heavy atom. The number of methoxy groups -OCH3 is 1. The van der Waals surface area contributed by atoms with Crippen LogP contribution in [0.4, 0.5) is 0 Å². The summed E-state index contributed by atoms with van der Waals surface area (Å²) >= 11 is 3.36. The summed E-state index contributed by atoms with van der Waals surface area (Å²) in [5.41, 5.74) is 5.24. The molecule has 126 valence electrons. The van der Waals surface area contributed by atoms with Crippen molar-refractivity contribution < 1.29 is 9.53 Å². The summed E-state index contributed by atoms with van der Waals surface area (Å²) < 4.78 is 6.11. The number of hydrogen-bond acceptors (Lipinski definition) is 4. The van der Waals surface area contributed by atoms with E-state index in [1.54, 1.807) is 19.4 Å². The van der Waals surface area contributed by atoms with Crippen molar-refractivity contribution in [1.82, 2.24) is 15.6 Å². The molecule has 3 aromatic rings. The maximum atomic E-state index is 12.1. The predicted molar refractivity (Wildman–Crippen MR) is 99.8 cm³/mol. The molecule has 25 heavy (non-hydrogen) atoms. The van der Waals surface area contributed by atoms with E-state index in [9.17, 15) is 4.79 Å². The van der Waals surface area contributed by atoms with E-state index in [-0.39, 0.29) is 5.91 Å². The number of carbonyl (C=O) groups is 1. The lowest BCUT2D eigenvalue weighted by Crippen LogP contribution is -2.17. The third-order valence-electron chi connectivity index (χ3n) is 3.46. The number of nitrogens with zero attached hydrogens (tertiary/aromatic N) is 2. The van der Waals surface area contributed by atoms with Gasteiger partial charge in [-0.25, -0.2) is 5.43 Å². The van der Waals surface area contributed by atoms with Gasteiger partial charge in [0.25, 0.3) is 5.91 Å². The highest BCUT2D eigenvalue weighted by atomic mass is 79.9. The fraction of sp³-hybridized carbons (Fsp3) is 0.0556. The molecule has 0 aliphatic carbocycles. The number of halogens is 1. The number of benzene rings is 2. The van der Waals surface area contributed by atoms with Gasteiger partial charge in [-0.15, -0.1) is 0 Å². The maximum Gasteiger partial charge on any atom is 0.289 e. The summed E-state index contributed by atoms with van der Waals surface area (Å²) in [6.07, 6.45) is 1.57. The first kappa shape index (κ1) is 16.9. The Morgan fingerprint density at radius 3 is 2.60 bits per heavy atom. The molecule has 0 spiro atoms. The molecule has 7 heteroatoms. The second-order valence-corrected chi connectivity index (χ2v) is 6.06. The molecule has 6 nitrogen and oxygen atoms in total. The van der Waals surface area contributed by atoms with E-state index in [0.717, 1.165) is 21.3 Å². The normalized spacial score (nSPS) is 10.8. The Balaban J connectivity index is 1.64. The molecular weight excluding hydrogens is 384 g/mol. The van der Waals surface area contributed by atoms with Gasteiger partial charge in [0.1, 0.15) is 11.4 Å². The Hall–Kier alpha value is -2.93. The smallest absolute Gasteiger partial charge is 0.289 e. The van der Waals surface area contributed by atoms with Gasteiger partial charge in [-0.1, -0.05) is 28.1 Å². The van der Waals surface area contributed by atoms with Gasteiger partial charge in [0.05, 0.1) is 19.0 Å². The molecule has 0 unspecified atom stereocenters. The minimum Gasteiger partial charge on any atom is -0.497 e. The van der Waals surface area contributed by atoms with Crippen molar-refractivity contribution in [3.63, 3.8) is 0 Å². The number of ether oxygens (including phenoxy) is 1. The van der Waals surface area contributed by atoms with E-state index >= 15 is 0 Å². The maximum absolute atomic E-state index is 12.1. The Kier molecular flexibility index (Phi) is 5.25. The number of aromatic amines is 1. The van der Waals surface area contributed by atoms with Crippen LogP contribution in [0.1, 0.15) is 16.1 Å². The van der Waals surface area contributed by atoms with E-state index in [1.807, 2.05) is 48.5 Å². The first-order valence-corrected chi connectivity index (χ1v) is 8.24. The van der Waals surface area contributed by atoms with Crippen molar-refractivity contribution in [3.8, 4) is 17.0 Å². The SMILES string of the molecule is COc1ccc(-c2cc(C(=O)NN=Cc3ccc(Br)cc3)[nH]n2)cc1. The molecule has 1 aromatic heterocycles. The second-order valence-electron chi connectivity index (χ2n) is 5.15. The van der Waals surface area contributed by atoms with Crippen molar-refractivity contribution in [1.29, 1.82) is 0 Å². The van der Waals surface area contributed by atoms with E-state index < -0.39 is 0 Å². The lowest BCUT2D eigenvalue weighted by atomic mass is 10.1. The molecule has 0 atom stereocenters. The average Bonchev–Trinajstić information content (AvgIpc) is 3.13. The van der Waals surface area contributed by atoms with Gasteiger partial charge in [0, 0.05) is 10.0 Å². The molecule has 0 saturated heterocycles. The van der Waals surface area contributed by atoms with Crippen LogP contribution in [-0.2, 0) is 0 Å². The quantitative estimate of drug-likeness (QED) is 0.508. The minimum atomic E-state index is -0.361. The van der Waals surface area contributed by atoms with Crippen molar-refractivity contribution in [2.45, 2.75) is 0 Å². The number of H-pyrrole nitrogens is 1. The molecule has 0 bridgehead atoms. The number of rotatable bonds is 5. The molecule has 3 rings (SSSR count). The summed E-state index contributed by atoms with van der Waals surface area (Å²) in [4.78, 5) is 12.1. The number of hydrazone groups is 1. The van der Waals surface area contributed by atoms with Crippen LogP contribution in [0.25, 0.3) is 11.3 Å². The Labute approximate surface area is 153 Å². The predicted octanol–water partition coefficient (Wildman–Crippen LogP) is 3.61. The minimum absolute atomic E-state index is 0.332. The topological polar surface area (TPSA) is 79.4 Å². The first-order chi connectivity index (χ1) is 12.2. The summed E-state index contributed by atoms with van der Waals surface area (Å²) in [6.45, 7) is 0. The van der Waals surface area contributed by atoms with Crippen LogP contribution in [-0.4, -0.2) is 29.4 Å². The van der Waals surface area contributed by atoms with E-state index in [2.05, 4.69) is 36.7 Å². The highest BCUT2D eigenvalue weighted by Gasteiger charge is 2.10. The van der Waals surface area contributed by atoms with Crippen molar-refractivity contribution in [2.75, 3.05) is 7.11 Å². The van der Waals surface area contributed by atoms with Crippen LogP contribution in [0.15, 0.2) is 64.2 Å². The zero-order valence-corrected chi connectivity index (χ0v) is 14.9. The van der Waals surface area contributed by atoms with Crippen LogP contribution in [0.5, 0.6) is 5.75 Å². The third-order valence-corrected chi connectivity index (χ3v) is 3.99. The van der Waals surface area contributed by atoms with Gasteiger partial charge in [0.2, 0.25) is 0 Å². The van der Waals surface area contributed by atoms with Gasteiger partial charge in [-0.2, -0.15) is 10.2 Å². The number of aromatic nitrogens is 2. The van der Waals surface area contributed by atoms with Gasteiger partial charge < -0.3 is 4.74 Å². The third kappa shape index (κ3) is 4.33. The van der Waals surface area contributed by atoms with Gasteiger partial charge in [-0.05, 0) is 48.0 Å². The first-order valence-electron chi connectivity index (χ1n) is 7.44. The second kappa shape index (κ2) is 7.76. The van der Waals surface area contributed by atoms with Crippen LogP contribution in [0.3, 0.4) is 0 Å². The van der Waals surface area contributed by atoms with Crippen LogP contribution in [0, 0.1) is 0 Å². The molecule has 2 aromatic carbocycles. The van der Waals surface area contributed by atoms with Crippen molar-refractivity contribution in [3.05, 3.63) is 70.3 Å². The molecule has 2 N–H and O–H groups in total. The molecule has 0 saturated carbocycles. The lowest BCUT2D eigenvalue weighted by molar-refractivity contribution is 0.0950. The Bertz CT molecular complexity index is 886. The fourth-order valence-corrected chi connectivity index (χ4v) is 2.39. The Morgan fingerprint density at radius 1 is 1.20 bits per heavy atom. The fourth-order valence-electron chi connectivity index (χ4n) is 2.12. The average molecular weight is 399 g/mol. The summed E-state index contributed by atoms with van der Waals surface area (Å²) in [7, 11) is 1.61. The summed E-state index contributed by atoms with van der Waals surface area (Å²) in [5.74, 6) is 0.403. The van der Waals surface area contributed by atoms with Gasteiger partial charge in [-0.3, -0.25) is 9.89 Å². The number of carbonyl (C=O) groups excluding carboxylic acids is 1. The van der Waals surface area contributed by atoms with E-state index in [4.69, 9.17) is 4.74 Å². The van der Waals surface area contributed by atoms with Crippen LogP contribution in [0.2, 0.25) is 0 Å². The zero-order chi connectivity index (χ0) is 17.6. The van der Waals surface area contributed by atoms with Crippen molar-refractivity contribution >= 4 is 28.1 Å².